The molecule has 0 bridgehead atoms. The Labute approximate surface area is 230 Å². The van der Waals surface area contributed by atoms with Crippen LogP contribution in [-0.4, -0.2) is 35.7 Å². The Morgan fingerprint density at radius 2 is 1.87 bits per heavy atom. The molecule has 2 heterocycles. The van der Waals surface area contributed by atoms with Crippen molar-refractivity contribution >= 4 is 28.7 Å². The van der Waals surface area contributed by atoms with Gasteiger partial charge in [-0.25, -0.2) is 4.98 Å². The molecule has 4 aromatic rings. The number of rotatable bonds is 10. The fraction of sp³-hybridized carbons (Fsp3) is 0.333. The molecule has 3 aromatic carbocycles. The number of carbonyl (C=O) groups excluding carboxylic acids is 1. The van der Waals surface area contributed by atoms with E-state index in [0.717, 1.165) is 64.6 Å². The van der Waals surface area contributed by atoms with Crippen molar-refractivity contribution in [2.75, 3.05) is 25.2 Å². The number of carbonyl (C=O) groups is 1. The topological polar surface area (TPSA) is 56.6 Å². The standard InChI is InChI=1S/C33H37N3O3/c1-5-11-25-16-17-30(31(20-25)38-4)39-19-9-8-18-35-29-14-7-6-13-27(29)34-33(35)26-21-32(37)36(22-26)28-15-10-12-23(2)24(28)3/h5-7,10-17,20,26H,8-9,18-19,21-22H2,1-4H3/b11-5+. The van der Waals surface area contributed by atoms with Gasteiger partial charge in [-0.05, 0) is 80.6 Å². The van der Waals surface area contributed by atoms with Crippen LogP contribution < -0.4 is 14.4 Å². The number of fused-ring (bicyclic) bond motifs is 1. The van der Waals surface area contributed by atoms with Gasteiger partial charge in [-0.15, -0.1) is 0 Å². The zero-order valence-corrected chi connectivity index (χ0v) is 23.3. The second kappa shape index (κ2) is 11.8. The van der Waals surface area contributed by atoms with Crippen LogP contribution in [0.25, 0.3) is 17.1 Å². The lowest BCUT2D eigenvalue weighted by molar-refractivity contribution is -0.117. The van der Waals surface area contributed by atoms with Crippen LogP contribution in [0.15, 0.2) is 66.7 Å². The second-order valence-electron chi connectivity index (χ2n) is 10.2. The van der Waals surface area contributed by atoms with Gasteiger partial charge in [0, 0.05) is 31.1 Å². The Hall–Kier alpha value is -4.06. The molecule has 6 heteroatoms. The number of allylic oxidation sites excluding steroid dienone is 1. The predicted octanol–water partition coefficient (Wildman–Crippen LogP) is 7.07. The average molecular weight is 524 g/mol. The molecule has 0 saturated carbocycles. The number of aryl methyl sites for hydroxylation is 2. The van der Waals surface area contributed by atoms with Crippen LogP contribution in [0, 0.1) is 13.8 Å². The first-order valence-corrected chi connectivity index (χ1v) is 13.8. The van der Waals surface area contributed by atoms with Crippen LogP contribution >= 0.6 is 0 Å². The van der Waals surface area contributed by atoms with Crippen molar-refractivity contribution in [2.45, 2.75) is 52.5 Å². The fourth-order valence-electron chi connectivity index (χ4n) is 5.44. The quantitative estimate of drug-likeness (QED) is 0.209. The van der Waals surface area contributed by atoms with Gasteiger partial charge in [0.15, 0.2) is 11.5 Å². The van der Waals surface area contributed by atoms with Crippen molar-refractivity contribution in [1.82, 2.24) is 9.55 Å². The van der Waals surface area contributed by atoms with Crippen molar-refractivity contribution in [3.8, 4) is 11.5 Å². The normalized spacial score (nSPS) is 15.5. The molecule has 0 N–H and O–H groups in total. The van der Waals surface area contributed by atoms with E-state index in [1.54, 1.807) is 7.11 Å². The summed E-state index contributed by atoms with van der Waals surface area (Å²) in [5, 5.41) is 0. The number of ether oxygens (including phenoxy) is 2. The van der Waals surface area contributed by atoms with Gasteiger partial charge < -0.3 is 18.9 Å². The molecule has 202 valence electrons. The summed E-state index contributed by atoms with van der Waals surface area (Å²) in [6.45, 7) is 8.26. The van der Waals surface area contributed by atoms with Crippen LogP contribution in [0.2, 0.25) is 0 Å². The highest BCUT2D eigenvalue weighted by molar-refractivity contribution is 5.97. The number of anilines is 1. The summed E-state index contributed by atoms with van der Waals surface area (Å²) in [5.41, 5.74) is 6.55. The first-order chi connectivity index (χ1) is 19.0. The largest absolute Gasteiger partial charge is 0.493 e. The second-order valence-corrected chi connectivity index (χ2v) is 10.2. The van der Waals surface area contributed by atoms with Gasteiger partial charge in [0.1, 0.15) is 5.82 Å². The SMILES string of the molecule is C/C=C/c1ccc(OCCCCn2c(C3CC(=O)N(c4cccc(C)c4C)C3)nc3ccccc32)c(OC)c1. The molecular formula is C33H37N3O3. The molecule has 1 unspecified atom stereocenters. The number of aromatic nitrogens is 2. The third-order valence-electron chi connectivity index (χ3n) is 7.62. The molecule has 1 saturated heterocycles. The zero-order chi connectivity index (χ0) is 27.4. The smallest absolute Gasteiger partial charge is 0.227 e. The van der Waals surface area contributed by atoms with E-state index in [2.05, 4.69) is 48.7 Å². The van der Waals surface area contributed by atoms with E-state index >= 15 is 0 Å². The third-order valence-corrected chi connectivity index (χ3v) is 7.62. The van der Waals surface area contributed by atoms with Crippen LogP contribution in [0.1, 0.15) is 54.6 Å². The minimum absolute atomic E-state index is 0.0565. The number of para-hydroxylation sites is 2. The number of hydrogen-bond donors (Lipinski definition) is 0. The fourth-order valence-corrected chi connectivity index (χ4v) is 5.44. The van der Waals surface area contributed by atoms with E-state index in [4.69, 9.17) is 14.5 Å². The molecule has 0 aliphatic carbocycles. The number of unbranched alkanes of at least 4 members (excludes halogenated alkanes) is 1. The molecule has 1 aromatic heterocycles. The summed E-state index contributed by atoms with van der Waals surface area (Å²) in [4.78, 5) is 20.1. The summed E-state index contributed by atoms with van der Waals surface area (Å²) < 4.78 is 13.9. The Bertz CT molecular complexity index is 1500. The number of methoxy groups -OCH3 is 1. The average Bonchev–Trinajstić information content (AvgIpc) is 3.51. The Morgan fingerprint density at radius 3 is 2.69 bits per heavy atom. The van der Waals surface area contributed by atoms with E-state index in [-0.39, 0.29) is 11.8 Å². The zero-order valence-electron chi connectivity index (χ0n) is 23.3. The van der Waals surface area contributed by atoms with Crippen LogP contribution in [-0.2, 0) is 11.3 Å². The highest BCUT2D eigenvalue weighted by atomic mass is 16.5. The van der Waals surface area contributed by atoms with Gasteiger partial charge in [-0.1, -0.05) is 42.5 Å². The van der Waals surface area contributed by atoms with Gasteiger partial charge >= 0.3 is 0 Å². The summed E-state index contributed by atoms with van der Waals surface area (Å²) in [6.07, 6.45) is 6.35. The van der Waals surface area contributed by atoms with Crippen LogP contribution in [0.4, 0.5) is 5.69 Å². The Kier molecular flexibility index (Phi) is 8.01. The molecule has 0 spiro atoms. The first kappa shape index (κ1) is 26.5. The minimum atomic E-state index is 0.0565. The molecule has 0 radical (unpaired) electrons. The Morgan fingerprint density at radius 1 is 1.03 bits per heavy atom. The summed E-state index contributed by atoms with van der Waals surface area (Å²) in [5.74, 6) is 2.72. The molecule has 1 fully saturated rings. The maximum Gasteiger partial charge on any atom is 0.227 e. The van der Waals surface area contributed by atoms with Gasteiger partial charge in [0.05, 0.1) is 24.8 Å². The van der Waals surface area contributed by atoms with Gasteiger partial charge in [-0.3, -0.25) is 4.79 Å². The van der Waals surface area contributed by atoms with E-state index < -0.39 is 0 Å². The molecule has 1 aliphatic rings. The number of hydrogen-bond acceptors (Lipinski definition) is 4. The lowest BCUT2D eigenvalue weighted by Crippen LogP contribution is -2.25. The van der Waals surface area contributed by atoms with Crippen molar-refractivity contribution in [2.24, 2.45) is 0 Å². The highest BCUT2D eigenvalue weighted by Crippen LogP contribution is 2.35. The minimum Gasteiger partial charge on any atom is -0.493 e. The van der Waals surface area contributed by atoms with Crippen LogP contribution in [0.5, 0.6) is 11.5 Å². The van der Waals surface area contributed by atoms with E-state index in [9.17, 15) is 4.79 Å². The van der Waals surface area contributed by atoms with Crippen molar-refractivity contribution in [3.05, 3.63) is 89.3 Å². The number of amides is 1. The van der Waals surface area contributed by atoms with Gasteiger partial charge in [-0.2, -0.15) is 0 Å². The van der Waals surface area contributed by atoms with E-state index in [1.807, 2.05) is 54.3 Å². The van der Waals surface area contributed by atoms with Crippen molar-refractivity contribution < 1.29 is 14.3 Å². The number of nitrogens with zero attached hydrogens (tertiary/aromatic N) is 3. The summed E-state index contributed by atoms with van der Waals surface area (Å²) >= 11 is 0. The Balaban J connectivity index is 1.28. The monoisotopic (exact) mass is 523 g/mol. The molecular weight excluding hydrogens is 486 g/mol. The maximum atomic E-state index is 13.2. The lowest BCUT2D eigenvalue weighted by atomic mass is 10.1. The molecule has 1 aliphatic heterocycles. The summed E-state index contributed by atoms with van der Waals surface area (Å²) in [6, 6.07) is 20.4. The first-order valence-electron chi connectivity index (χ1n) is 13.8. The maximum absolute atomic E-state index is 13.2. The molecule has 1 atom stereocenters. The number of benzene rings is 3. The van der Waals surface area contributed by atoms with E-state index in [0.29, 0.717) is 19.6 Å². The molecule has 6 nitrogen and oxygen atoms in total. The van der Waals surface area contributed by atoms with Crippen molar-refractivity contribution in [3.63, 3.8) is 0 Å². The highest BCUT2D eigenvalue weighted by Gasteiger charge is 2.35. The van der Waals surface area contributed by atoms with Crippen LogP contribution in [0.3, 0.4) is 0 Å². The van der Waals surface area contributed by atoms with Crippen molar-refractivity contribution in [1.29, 1.82) is 0 Å². The molecule has 1 amide bonds. The molecule has 5 rings (SSSR count). The third kappa shape index (κ3) is 5.56. The van der Waals surface area contributed by atoms with E-state index in [1.165, 1.54) is 5.56 Å². The van der Waals surface area contributed by atoms with Gasteiger partial charge in [0.25, 0.3) is 0 Å². The molecule has 39 heavy (non-hydrogen) atoms. The summed E-state index contributed by atoms with van der Waals surface area (Å²) in [7, 11) is 1.67. The van der Waals surface area contributed by atoms with Gasteiger partial charge in [0.2, 0.25) is 5.91 Å². The number of imidazole rings is 1. The predicted molar refractivity (Wildman–Crippen MR) is 158 cm³/mol. The lowest BCUT2D eigenvalue weighted by Gasteiger charge is -2.20.